The lowest BCUT2D eigenvalue weighted by Crippen LogP contribution is -2.31. The number of carboxylic acid groups (broad SMARTS) is 1. The molecule has 1 aromatic carbocycles. The highest BCUT2D eigenvalue weighted by Gasteiger charge is 2.31. The van der Waals surface area contributed by atoms with Crippen molar-refractivity contribution in [2.75, 3.05) is 12.4 Å². The van der Waals surface area contributed by atoms with Crippen LogP contribution in [0.25, 0.3) is 0 Å². The van der Waals surface area contributed by atoms with E-state index in [-0.39, 0.29) is 17.7 Å². The van der Waals surface area contributed by atoms with Crippen LogP contribution in [0.5, 0.6) is 0 Å². The second kappa shape index (κ2) is 7.26. The highest BCUT2D eigenvalue weighted by atomic mass is 16.4. The van der Waals surface area contributed by atoms with Crippen LogP contribution in [0.2, 0.25) is 0 Å². The summed E-state index contributed by atoms with van der Waals surface area (Å²) in [5.74, 6) is -1.97. The van der Waals surface area contributed by atoms with Crippen molar-refractivity contribution in [2.45, 2.75) is 32.6 Å². The number of hydrogen-bond acceptors (Lipinski definition) is 3. The Morgan fingerprint density at radius 3 is 2.52 bits per heavy atom. The fraction of sp³-hybridized carbons (Fsp3) is 0.471. The molecule has 124 valence electrons. The first-order valence-electron chi connectivity index (χ1n) is 7.78. The minimum absolute atomic E-state index is 0.173. The Balaban J connectivity index is 2.10. The van der Waals surface area contributed by atoms with Gasteiger partial charge in [-0.3, -0.25) is 14.4 Å². The molecule has 1 saturated carbocycles. The SMILES string of the molecule is CNC(=O)c1ccc(C)c(NC(=O)C2CCCC(C(=O)O)C2)c1. The Morgan fingerprint density at radius 2 is 1.87 bits per heavy atom. The van der Waals surface area contributed by atoms with Crippen LogP contribution in [0.15, 0.2) is 18.2 Å². The highest BCUT2D eigenvalue weighted by Crippen LogP contribution is 2.30. The zero-order valence-electron chi connectivity index (χ0n) is 13.4. The molecular formula is C17H22N2O4. The molecule has 6 heteroatoms. The standard InChI is InChI=1S/C17H22N2O4/c1-10-6-7-12(15(20)18-2)9-14(10)19-16(21)11-4-3-5-13(8-11)17(22)23/h6-7,9,11,13H,3-5,8H2,1-2H3,(H,18,20)(H,19,21)(H,22,23). The van der Waals surface area contributed by atoms with E-state index in [0.29, 0.717) is 30.5 Å². The smallest absolute Gasteiger partial charge is 0.306 e. The number of carboxylic acids is 1. The maximum absolute atomic E-state index is 12.4. The second-order valence-electron chi connectivity index (χ2n) is 6.00. The Hall–Kier alpha value is -2.37. The van der Waals surface area contributed by atoms with Crippen LogP contribution in [0, 0.1) is 18.8 Å². The Labute approximate surface area is 135 Å². The molecule has 1 aliphatic carbocycles. The fourth-order valence-electron chi connectivity index (χ4n) is 2.93. The van der Waals surface area contributed by atoms with Gasteiger partial charge in [-0.15, -0.1) is 0 Å². The van der Waals surface area contributed by atoms with E-state index >= 15 is 0 Å². The van der Waals surface area contributed by atoms with Gasteiger partial charge in [-0.2, -0.15) is 0 Å². The van der Waals surface area contributed by atoms with E-state index in [1.807, 2.05) is 6.92 Å². The summed E-state index contributed by atoms with van der Waals surface area (Å²) in [4.78, 5) is 35.2. The minimum Gasteiger partial charge on any atom is -0.481 e. The first kappa shape index (κ1) is 17.0. The van der Waals surface area contributed by atoms with Gasteiger partial charge >= 0.3 is 5.97 Å². The molecule has 1 aromatic rings. The monoisotopic (exact) mass is 318 g/mol. The molecule has 1 fully saturated rings. The largest absolute Gasteiger partial charge is 0.481 e. The molecule has 23 heavy (non-hydrogen) atoms. The summed E-state index contributed by atoms with van der Waals surface area (Å²) in [6.45, 7) is 1.85. The topological polar surface area (TPSA) is 95.5 Å². The summed E-state index contributed by atoms with van der Waals surface area (Å²) >= 11 is 0. The average Bonchev–Trinajstić information content (AvgIpc) is 2.56. The summed E-state index contributed by atoms with van der Waals surface area (Å²) in [5, 5.41) is 14.5. The molecular weight excluding hydrogens is 296 g/mol. The van der Waals surface area contributed by atoms with Crippen molar-refractivity contribution in [3.05, 3.63) is 29.3 Å². The van der Waals surface area contributed by atoms with Gasteiger partial charge in [-0.1, -0.05) is 12.5 Å². The Morgan fingerprint density at radius 1 is 1.17 bits per heavy atom. The van der Waals surface area contributed by atoms with E-state index in [9.17, 15) is 14.4 Å². The van der Waals surface area contributed by atoms with E-state index in [1.54, 1.807) is 25.2 Å². The molecule has 0 saturated heterocycles. The molecule has 2 atom stereocenters. The van der Waals surface area contributed by atoms with Crippen LogP contribution in [0.4, 0.5) is 5.69 Å². The molecule has 1 aliphatic rings. The molecule has 3 N–H and O–H groups in total. The number of rotatable bonds is 4. The molecule has 2 rings (SSSR count). The van der Waals surface area contributed by atoms with Crippen LogP contribution < -0.4 is 10.6 Å². The third kappa shape index (κ3) is 4.09. The van der Waals surface area contributed by atoms with Gasteiger partial charge in [0, 0.05) is 24.2 Å². The number of hydrogen-bond donors (Lipinski definition) is 3. The Kier molecular flexibility index (Phi) is 5.36. The highest BCUT2D eigenvalue weighted by molar-refractivity contribution is 5.98. The number of carbonyl (C=O) groups is 3. The number of aliphatic carboxylic acids is 1. The minimum atomic E-state index is -0.833. The third-order valence-electron chi connectivity index (χ3n) is 4.38. The zero-order valence-corrected chi connectivity index (χ0v) is 13.4. The lowest BCUT2D eigenvalue weighted by molar-refractivity contribution is -0.143. The molecule has 2 unspecified atom stereocenters. The van der Waals surface area contributed by atoms with Crippen LogP contribution in [-0.4, -0.2) is 29.9 Å². The molecule has 0 radical (unpaired) electrons. The van der Waals surface area contributed by atoms with Crippen LogP contribution in [-0.2, 0) is 9.59 Å². The lowest BCUT2D eigenvalue weighted by Gasteiger charge is -2.26. The van der Waals surface area contributed by atoms with Crippen molar-refractivity contribution >= 4 is 23.5 Å². The summed E-state index contributed by atoms with van der Waals surface area (Å²) in [6, 6.07) is 5.12. The molecule has 0 aliphatic heterocycles. The van der Waals surface area contributed by atoms with Crippen molar-refractivity contribution in [1.82, 2.24) is 5.32 Å². The Bertz CT molecular complexity index is 627. The van der Waals surface area contributed by atoms with Crippen LogP contribution in [0.1, 0.15) is 41.6 Å². The number of aryl methyl sites for hydroxylation is 1. The molecule has 0 spiro atoms. The predicted molar refractivity (Wildman–Crippen MR) is 86.3 cm³/mol. The van der Waals surface area contributed by atoms with E-state index in [1.165, 1.54) is 0 Å². The summed E-state index contributed by atoms with van der Waals surface area (Å²) in [6.07, 6.45) is 2.44. The van der Waals surface area contributed by atoms with Crippen molar-refractivity contribution < 1.29 is 19.5 Å². The zero-order chi connectivity index (χ0) is 17.0. The maximum Gasteiger partial charge on any atom is 0.306 e. The molecule has 6 nitrogen and oxygen atoms in total. The number of benzene rings is 1. The number of anilines is 1. The van der Waals surface area contributed by atoms with Gasteiger partial charge in [0.15, 0.2) is 0 Å². The van der Waals surface area contributed by atoms with E-state index < -0.39 is 11.9 Å². The van der Waals surface area contributed by atoms with Crippen molar-refractivity contribution in [3.8, 4) is 0 Å². The third-order valence-corrected chi connectivity index (χ3v) is 4.38. The molecule has 0 aromatic heterocycles. The normalized spacial score (nSPS) is 20.6. The maximum atomic E-state index is 12.4. The summed E-state index contributed by atoms with van der Waals surface area (Å²) in [7, 11) is 1.55. The van der Waals surface area contributed by atoms with E-state index in [4.69, 9.17) is 5.11 Å². The van der Waals surface area contributed by atoms with Gasteiger partial charge in [0.25, 0.3) is 5.91 Å². The van der Waals surface area contributed by atoms with E-state index in [0.717, 1.165) is 12.0 Å². The predicted octanol–water partition coefficient (Wildman–Crippen LogP) is 2.18. The van der Waals surface area contributed by atoms with Gasteiger partial charge in [-0.25, -0.2) is 0 Å². The first-order valence-corrected chi connectivity index (χ1v) is 7.78. The van der Waals surface area contributed by atoms with Crippen molar-refractivity contribution in [3.63, 3.8) is 0 Å². The second-order valence-corrected chi connectivity index (χ2v) is 6.00. The van der Waals surface area contributed by atoms with Gasteiger partial charge in [0.2, 0.25) is 5.91 Å². The molecule has 0 bridgehead atoms. The van der Waals surface area contributed by atoms with E-state index in [2.05, 4.69) is 10.6 Å². The first-order chi connectivity index (χ1) is 10.9. The summed E-state index contributed by atoms with van der Waals surface area (Å²) in [5.41, 5.74) is 1.92. The quantitative estimate of drug-likeness (QED) is 0.793. The average molecular weight is 318 g/mol. The van der Waals surface area contributed by atoms with Crippen LogP contribution >= 0.6 is 0 Å². The van der Waals surface area contributed by atoms with Gasteiger partial charge < -0.3 is 15.7 Å². The van der Waals surface area contributed by atoms with Gasteiger partial charge in [0.1, 0.15) is 0 Å². The lowest BCUT2D eigenvalue weighted by atomic mass is 9.81. The van der Waals surface area contributed by atoms with Gasteiger partial charge in [0.05, 0.1) is 5.92 Å². The molecule has 0 heterocycles. The summed E-state index contributed by atoms with van der Waals surface area (Å²) < 4.78 is 0. The number of carbonyl (C=O) groups excluding carboxylic acids is 2. The number of amides is 2. The van der Waals surface area contributed by atoms with Crippen molar-refractivity contribution in [2.24, 2.45) is 11.8 Å². The van der Waals surface area contributed by atoms with Crippen LogP contribution in [0.3, 0.4) is 0 Å². The molecule has 2 amide bonds. The van der Waals surface area contributed by atoms with Crippen molar-refractivity contribution in [1.29, 1.82) is 0 Å². The van der Waals surface area contributed by atoms with Gasteiger partial charge in [-0.05, 0) is 43.9 Å². The fourth-order valence-corrected chi connectivity index (χ4v) is 2.93. The number of nitrogens with one attached hydrogen (secondary N) is 2.